The monoisotopic (exact) mass is 1960 g/mol. The van der Waals surface area contributed by atoms with Crippen LogP contribution in [0.2, 0.25) is 0 Å². The van der Waals surface area contributed by atoms with E-state index in [0.29, 0.717) is 58.0 Å². The van der Waals surface area contributed by atoms with Crippen LogP contribution in [0.15, 0.2) is 483 Å². The third kappa shape index (κ3) is 14.6. The maximum absolute atomic E-state index is 9.48. The van der Waals surface area contributed by atoms with Crippen LogP contribution in [0.5, 0.6) is 0 Å². The molecule has 0 bridgehead atoms. The number of benzene rings is 19. The van der Waals surface area contributed by atoms with Gasteiger partial charge < -0.3 is 0 Å². The molecule has 29 rings (SSSR count). The molecule has 0 radical (unpaired) electrons. The Hall–Kier alpha value is -19.3. The van der Waals surface area contributed by atoms with Crippen molar-refractivity contribution in [2.75, 3.05) is 0 Å². The second-order valence-electron chi connectivity index (χ2n) is 37.7. The van der Waals surface area contributed by atoms with Gasteiger partial charge in [0, 0.05) is 108 Å². The fourth-order valence-corrected chi connectivity index (χ4v) is 26.1. The molecule has 0 saturated carbocycles. The second kappa shape index (κ2) is 37.1. The zero-order chi connectivity index (χ0) is 100.0. The molecular weight excluding hydrogens is 1880 g/mol. The molecule has 3 unspecified atom stereocenters. The highest BCUT2D eigenvalue weighted by Crippen LogP contribution is 2.66. The van der Waals surface area contributed by atoms with Crippen molar-refractivity contribution in [1.82, 2.24) is 44.9 Å². The third-order valence-corrected chi connectivity index (χ3v) is 32.7. The van der Waals surface area contributed by atoms with Gasteiger partial charge >= 0.3 is 0 Å². The number of nitrogens with zero attached hydrogens (tertiary/aromatic N) is 10. The summed E-state index contributed by atoms with van der Waals surface area (Å²) in [5, 5.41) is 19.5. The van der Waals surface area contributed by atoms with Gasteiger partial charge in [0.25, 0.3) is 0 Å². The number of aromatic nitrogens is 9. The summed E-state index contributed by atoms with van der Waals surface area (Å²) in [5.74, 6) is 11.7. The van der Waals surface area contributed by atoms with E-state index in [1.807, 2.05) is 194 Å². The maximum atomic E-state index is 9.48. The van der Waals surface area contributed by atoms with E-state index in [2.05, 4.69) is 307 Å². The normalized spacial score (nSPS) is 14.7. The van der Waals surface area contributed by atoms with Crippen molar-refractivity contribution in [3.63, 3.8) is 0 Å². The number of hydrogen-bond acceptors (Lipinski definition) is 13. The van der Waals surface area contributed by atoms with Gasteiger partial charge in [-0.2, -0.15) is 5.26 Å². The third-order valence-electron chi connectivity index (χ3n) is 29.8. The highest BCUT2D eigenvalue weighted by Gasteiger charge is 2.54. The van der Waals surface area contributed by atoms with Gasteiger partial charge in [-0.3, -0.25) is 0 Å². The van der Waals surface area contributed by atoms with E-state index in [1.54, 1.807) is 34.0 Å². The standard InChI is InChI=1S/C49H30N4S.C44H25N3S.C44H27N3S/c50-30-32-20-22-33(23-21-32)40-31-54-43-29-28-42-44(45(40)43)39-18-10-11-19-41(39)49(42,37-16-8-3-9-17-37)38-26-24-36(25-27-38)48-52-46(34-12-4-1-5-13-34)51-47(53-48)35-14-6-2-7-15-35;1-2-27-26-48-38-24-23-36-40(39(27)38)33-18-10-12-20-35(33)44(36)34-19-11-9-17-31(34)32-22-21-30(25-37(32)44)43-46-41(28-13-5-3-6-14-28)45-42(47-43)29-15-7-4-8-16-29;1-2-29-28-48-38-27-26-37-40(39(29)38)35-20-12-13-21-36(35)44(37,33-18-10-5-11-19-33)34-24-22-32(23-25-34)43-46-41(30-14-6-3-7-15-30)45-42(47-43)31-16-8-4-9-17-31/h1-29,31H;1,3-26H;1,3-28H. The smallest absolute Gasteiger partial charge is 0.164 e. The molecule has 13 heteroatoms. The number of nitriles is 1. The van der Waals surface area contributed by atoms with Gasteiger partial charge in [-0.15, -0.1) is 46.9 Å². The zero-order valence-corrected chi connectivity index (χ0v) is 83.0. The molecule has 6 aromatic heterocycles. The van der Waals surface area contributed by atoms with E-state index >= 15 is 0 Å². The maximum Gasteiger partial charge on any atom is 0.164 e. The first-order chi connectivity index (χ1) is 74.2. The molecule has 10 nitrogen and oxygen atoms in total. The van der Waals surface area contributed by atoms with Crippen LogP contribution in [-0.4, -0.2) is 44.9 Å². The quantitative estimate of drug-likeness (QED) is 0.0967. The lowest BCUT2D eigenvalue weighted by Gasteiger charge is -2.34. The predicted octanol–water partition coefficient (Wildman–Crippen LogP) is 32.8. The molecule has 3 atom stereocenters. The van der Waals surface area contributed by atoms with Crippen LogP contribution >= 0.6 is 34.0 Å². The molecule has 0 N–H and O–H groups in total. The van der Waals surface area contributed by atoms with Gasteiger partial charge in [-0.25, -0.2) is 44.9 Å². The van der Waals surface area contributed by atoms with Crippen molar-refractivity contribution in [3.05, 3.63) is 567 Å². The number of fused-ring (bicyclic) bond motifs is 22. The molecule has 0 aliphatic heterocycles. The molecule has 4 aliphatic rings. The van der Waals surface area contributed by atoms with Crippen molar-refractivity contribution in [2.24, 2.45) is 0 Å². The first-order valence-corrected chi connectivity index (χ1v) is 52.4. The largest absolute Gasteiger partial charge is 0.208 e. The summed E-state index contributed by atoms with van der Waals surface area (Å²) in [6, 6.07) is 166. The molecule has 0 fully saturated rings. The van der Waals surface area contributed by atoms with Gasteiger partial charge in [-0.05, 0) is 159 Å². The fraction of sp³-hybridized carbons (Fsp3) is 0.0219. The Labute approximate surface area is 879 Å². The van der Waals surface area contributed by atoms with Gasteiger partial charge in [0.05, 0.1) is 27.9 Å². The van der Waals surface area contributed by atoms with Crippen molar-refractivity contribution < 1.29 is 0 Å². The lowest BCUT2D eigenvalue weighted by atomic mass is 9.67. The first-order valence-electron chi connectivity index (χ1n) is 49.8. The van der Waals surface area contributed by atoms with Gasteiger partial charge in [0.1, 0.15) is 0 Å². The molecular formula is C137H82N10S3. The zero-order valence-electron chi connectivity index (χ0n) is 80.5. The minimum Gasteiger partial charge on any atom is -0.208 e. The topological polar surface area (TPSA) is 140 Å². The van der Waals surface area contributed by atoms with Crippen molar-refractivity contribution in [1.29, 1.82) is 5.26 Å². The van der Waals surface area contributed by atoms with Crippen LogP contribution in [-0.2, 0) is 16.2 Å². The van der Waals surface area contributed by atoms with Crippen LogP contribution < -0.4 is 0 Å². The molecule has 0 saturated heterocycles. The van der Waals surface area contributed by atoms with Crippen LogP contribution in [0.3, 0.4) is 0 Å². The average Bonchev–Trinajstić information content (AvgIpc) is 1.30. The Morgan fingerprint density at radius 2 is 0.447 bits per heavy atom. The summed E-state index contributed by atoms with van der Waals surface area (Å²) >= 11 is 5.19. The minimum absolute atomic E-state index is 0.520. The molecule has 4 aliphatic carbocycles. The highest BCUT2D eigenvalue weighted by atomic mass is 32.1. The SMILES string of the molecule is C#Cc1csc2ccc3c(c12)-c1ccccc1C3(c1ccccc1)c1ccc(-c2nc(-c3ccccc3)nc(-c3ccccc3)n2)cc1.C#Cc1csc2ccc3c(c12)-c1ccccc1C31c2ccccc2-c2ccc(-c3nc(-c4ccccc4)nc(-c4ccccc4)n3)cc21.N#Cc1ccc(-c2csc3ccc4c(c23)-c2ccccc2C4(c2ccccc2)c2ccc(-c3nc(-c4ccccc4)nc(-c4ccccc4)n3)cc2)cc1. The Kier molecular flexibility index (Phi) is 22.1. The van der Waals surface area contributed by atoms with Crippen LogP contribution in [0.1, 0.15) is 83.5 Å². The number of rotatable bonds is 14. The predicted molar refractivity (Wildman–Crippen MR) is 611 cm³/mol. The minimum atomic E-state index is -0.576. The van der Waals surface area contributed by atoms with Crippen LogP contribution in [0.4, 0.5) is 0 Å². The Morgan fingerprint density at radius 1 is 0.193 bits per heavy atom. The van der Waals surface area contributed by atoms with Crippen molar-refractivity contribution >= 4 is 64.3 Å². The molecule has 1 spiro atoms. The first kappa shape index (κ1) is 89.5. The summed E-state index contributed by atoms with van der Waals surface area (Å²) in [5.41, 5.74) is 36.3. The molecule has 6 heterocycles. The van der Waals surface area contributed by atoms with Gasteiger partial charge in [-0.1, -0.05) is 443 Å². The van der Waals surface area contributed by atoms with Crippen molar-refractivity contribution in [2.45, 2.75) is 16.2 Å². The molecule has 0 amide bonds. The number of hydrogen-bond donors (Lipinski definition) is 0. The molecule has 19 aromatic carbocycles. The second-order valence-corrected chi connectivity index (χ2v) is 40.4. The van der Waals surface area contributed by atoms with Crippen molar-refractivity contribution in [3.8, 4) is 189 Å². The van der Waals surface area contributed by atoms with E-state index in [-0.39, 0.29) is 0 Å². The molecule has 698 valence electrons. The van der Waals surface area contributed by atoms with E-state index in [0.717, 1.165) is 72.1 Å². The summed E-state index contributed by atoms with van der Waals surface area (Å²) in [6.45, 7) is 0. The molecule has 25 aromatic rings. The molecule has 150 heavy (non-hydrogen) atoms. The van der Waals surface area contributed by atoms with Gasteiger partial charge in [0.2, 0.25) is 0 Å². The highest BCUT2D eigenvalue weighted by molar-refractivity contribution is 7.18. The Morgan fingerprint density at radius 3 is 0.793 bits per heavy atom. The van der Waals surface area contributed by atoms with E-state index in [9.17, 15) is 5.26 Å². The lowest BCUT2D eigenvalue weighted by molar-refractivity contribution is 0.769. The number of thiophene rings is 3. The lowest BCUT2D eigenvalue weighted by Crippen LogP contribution is -2.28. The summed E-state index contributed by atoms with van der Waals surface area (Å²) in [7, 11) is 0. The summed E-state index contributed by atoms with van der Waals surface area (Å²) in [4.78, 5) is 44.9. The number of terminal acetylenes is 2. The van der Waals surface area contributed by atoms with Crippen LogP contribution in [0.25, 0.3) is 188 Å². The summed E-state index contributed by atoms with van der Waals surface area (Å²) in [6.07, 6.45) is 12.2. The van der Waals surface area contributed by atoms with E-state index in [1.165, 1.54) is 142 Å². The fourth-order valence-electron chi connectivity index (χ4n) is 23.3. The average molecular weight is 1960 g/mol. The van der Waals surface area contributed by atoms with E-state index < -0.39 is 16.2 Å². The summed E-state index contributed by atoms with van der Waals surface area (Å²) < 4.78 is 3.65. The van der Waals surface area contributed by atoms with Crippen LogP contribution in [0, 0.1) is 36.0 Å². The van der Waals surface area contributed by atoms with Gasteiger partial charge in [0.15, 0.2) is 52.4 Å². The van der Waals surface area contributed by atoms with E-state index in [4.69, 9.17) is 57.7 Å². The Bertz CT molecular complexity index is 9600. The Balaban J connectivity index is 0.000000111.